The first kappa shape index (κ1) is 12.5. The quantitative estimate of drug-likeness (QED) is 0.777. The van der Waals surface area contributed by atoms with E-state index in [9.17, 15) is 5.11 Å². The van der Waals surface area contributed by atoms with E-state index in [1.807, 2.05) is 12.1 Å². The summed E-state index contributed by atoms with van der Waals surface area (Å²) in [5.74, 6) is 0.990. The second kappa shape index (κ2) is 6.10. The third-order valence-corrected chi connectivity index (χ3v) is 3.03. The molecule has 1 aromatic heterocycles. The van der Waals surface area contributed by atoms with Gasteiger partial charge in [0.2, 0.25) is 0 Å². The van der Waals surface area contributed by atoms with E-state index < -0.39 is 6.10 Å². The largest absolute Gasteiger partial charge is 0.389 e. The summed E-state index contributed by atoms with van der Waals surface area (Å²) < 4.78 is 0. The molecule has 0 aliphatic heterocycles. The van der Waals surface area contributed by atoms with E-state index in [-0.39, 0.29) is 0 Å². The lowest BCUT2D eigenvalue weighted by atomic mass is 10.2. The van der Waals surface area contributed by atoms with Crippen LogP contribution in [0.1, 0.15) is 18.6 Å². The molecule has 0 saturated carbocycles. The lowest BCUT2D eigenvalue weighted by Gasteiger charge is -2.12. The Morgan fingerprint density at radius 1 is 1.53 bits per heavy atom. The Morgan fingerprint density at radius 3 is 2.87 bits per heavy atom. The molecule has 0 aliphatic carbocycles. The van der Waals surface area contributed by atoms with Crippen molar-refractivity contribution in [3.05, 3.63) is 23.9 Å². The summed E-state index contributed by atoms with van der Waals surface area (Å²) in [5.41, 5.74) is 0.918. The van der Waals surface area contributed by atoms with Gasteiger partial charge in [0, 0.05) is 24.1 Å². The molecule has 4 heteroatoms. The summed E-state index contributed by atoms with van der Waals surface area (Å²) in [6, 6.07) is 3.79. The molecule has 3 nitrogen and oxygen atoms in total. The van der Waals surface area contributed by atoms with Gasteiger partial charge in [0.1, 0.15) is 5.03 Å². The first-order valence-electron chi connectivity index (χ1n) is 5.01. The van der Waals surface area contributed by atoms with Crippen LogP contribution in [0.4, 0.5) is 0 Å². The topological polar surface area (TPSA) is 36.4 Å². The van der Waals surface area contributed by atoms with Crippen LogP contribution in [0.5, 0.6) is 0 Å². The zero-order valence-electron chi connectivity index (χ0n) is 9.47. The van der Waals surface area contributed by atoms with Crippen molar-refractivity contribution in [3.63, 3.8) is 0 Å². The van der Waals surface area contributed by atoms with Crippen molar-refractivity contribution in [2.75, 3.05) is 26.4 Å². The Hall–Kier alpha value is -0.580. The molecule has 0 amide bonds. The molecule has 0 bridgehead atoms. The SMILES string of the molecule is CC(O)c1cccnc1SCCN(C)C. The lowest BCUT2D eigenvalue weighted by Crippen LogP contribution is -2.15. The van der Waals surface area contributed by atoms with Crippen LogP contribution in [-0.2, 0) is 0 Å². The average Bonchev–Trinajstić information content (AvgIpc) is 2.17. The zero-order chi connectivity index (χ0) is 11.3. The molecule has 1 aromatic rings. The minimum atomic E-state index is -0.444. The number of nitrogens with zero attached hydrogens (tertiary/aromatic N) is 2. The molecular weight excluding hydrogens is 208 g/mol. The maximum atomic E-state index is 9.55. The Balaban J connectivity index is 2.59. The standard InChI is InChI=1S/C11H18N2OS/c1-9(14)10-5-4-6-12-11(10)15-8-7-13(2)3/h4-6,9,14H,7-8H2,1-3H3. The van der Waals surface area contributed by atoms with E-state index in [0.717, 1.165) is 22.9 Å². The maximum Gasteiger partial charge on any atom is 0.102 e. The number of hydrogen-bond acceptors (Lipinski definition) is 4. The van der Waals surface area contributed by atoms with Crippen molar-refractivity contribution in [1.29, 1.82) is 0 Å². The zero-order valence-corrected chi connectivity index (χ0v) is 10.3. The first-order chi connectivity index (χ1) is 7.11. The number of rotatable bonds is 5. The lowest BCUT2D eigenvalue weighted by molar-refractivity contribution is 0.195. The number of pyridine rings is 1. The van der Waals surface area contributed by atoms with Gasteiger partial charge in [-0.15, -0.1) is 11.8 Å². The second-order valence-corrected chi connectivity index (χ2v) is 4.81. The minimum absolute atomic E-state index is 0.444. The molecule has 0 aliphatic rings. The summed E-state index contributed by atoms with van der Waals surface area (Å²) in [5, 5.41) is 10.5. The molecule has 0 radical (unpaired) electrons. The third kappa shape index (κ3) is 4.20. The average molecular weight is 226 g/mol. The fraction of sp³-hybridized carbons (Fsp3) is 0.545. The normalized spacial score (nSPS) is 13.1. The number of aromatic nitrogens is 1. The van der Waals surface area contributed by atoms with E-state index in [1.165, 1.54) is 0 Å². The van der Waals surface area contributed by atoms with Gasteiger partial charge in [-0.1, -0.05) is 6.07 Å². The van der Waals surface area contributed by atoms with Crippen molar-refractivity contribution in [1.82, 2.24) is 9.88 Å². The number of hydrogen-bond donors (Lipinski definition) is 1. The fourth-order valence-electron chi connectivity index (χ4n) is 1.17. The highest BCUT2D eigenvalue weighted by atomic mass is 32.2. The highest BCUT2D eigenvalue weighted by molar-refractivity contribution is 7.99. The van der Waals surface area contributed by atoms with Crippen LogP contribution < -0.4 is 0 Å². The van der Waals surface area contributed by atoms with Gasteiger partial charge in [0.05, 0.1) is 6.10 Å². The van der Waals surface area contributed by atoms with Gasteiger partial charge in [0.15, 0.2) is 0 Å². The van der Waals surface area contributed by atoms with Gasteiger partial charge in [-0.3, -0.25) is 0 Å². The van der Waals surface area contributed by atoms with Crippen molar-refractivity contribution in [2.24, 2.45) is 0 Å². The monoisotopic (exact) mass is 226 g/mol. The summed E-state index contributed by atoms with van der Waals surface area (Å²) >= 11 is 1.69. The van der Waals surface area contributed by atoms with Gasteiger partial charge in [-0.25, -0.2) is 4.98 Å². The van der Waals surface area contributed by atoms with Crippen molar-refractivity contribution >= 4 is 11.8 Å². The van der Waals surface area contributed by atoms with E-state index in [2.05, 4.69) is 24.0 Å². The van der Waals surface area contributed by atoms with Crippen molar-refractivity contribution in [3.8, 4) is 0 Å². The van der Waals surface area contributed by atoms with Gasteiger partial charge in [0.25, 0.3) is 0 Å². The fourth-order valence-corrected chi connectivity index (χ4v) is 2.36. The van der Waals surface area contributed by atoms with Gasteiger partial charge >= 0.3 is 0 Å². The summed E-state index contributed by atoms with van der Waals surface area (Å²) in [6.07, 6.45) is 1.32. The van der Waals surface area contributed by atoms with E-state index in [4.69, 9.17) is 0 Å². The highest BCUT2D eigenvalue weighted by Crippen LogP contribution is 2.24. The predicted molar refractivity (Wildman–Crippen MR) is 64.1 cm³/mol. The van der Waals surface area contributed by atoms with Crippen LogP contribution in [0.3, 0.4) is 0 Å². The second-order valence-electron chi connectivity index (χ2n) is 3.73. The van der Waals surface area contributed by atoms with E-state index in [0.29, 0.717) is 0 Å². The molecule has 84 valence electrons. The Morgan fingerprint density at radius 2 is 2.27 bits per heavy atom. The van der Waals surface area contributed by atoms with Crippen molar-refractivity contribution < 1.29 is 5.11 Å². The summed E-state index contributed by atoms with van der Waals surface area (Å²) in [7, 11) is 4.10. The van der Waals surface area contributed by atoms with Crippen LogP contribution in [-0.4, -0.2) is 41.4 Å². The Kier molecular flexibility index (Phi) is 5.08. The van der Waals surface area contributed by atoms with Gasteiger partial charge in [-0.2, -0.15) is 0 Å². The molecular formula is C11H18N2OS. The molecule has 15 heavy (non-hydrogen) atoms. The van der Waals surface area contributed by atoms with Crippen molar-refractivity contribution in [2.45, 2.75) is 18.1 Å². The molecule has 0 saturated heterocycles. The first-order valence-corrected chi connectivity index (χ1v) is 6.00. The predicted octanol–water partition coefficient (Wildman–Crippen LogP) is 1.79. The minimum Gasteiger partial charge on any atom is -0.389 e. The van der Waals surface area contributed by atoms with E-state index >= 15 is 0 Å². The molecule has 0 aromatic carbocycles. The molecule has 0 fully saturated rings. The van der Waals surface area contributed by atoms with Crippen LogP contribution in [0.15, 0.2) is 23.4 Å². The third-order valence-electron chi connectivity index (χ3n) is 2.03. The molecule has 1 atom stereocenters. The summed E-state index contributed by atoms with van der Waals surface area (Å²) in [4.78, 5) is 6.42. The highest BCUT2D eigenvalue weighted by Gasteiger charge is 2.08. The van der Waals surface area contributed by atoms with Crippen LogP contribution in [0.25, 0.3) is 0 Å². The maximum absolute atomic E-state index is 9.55. The smallest absolute Gasteiger partial charge is 0.102 e. The molecule has 1 N–H and O–H groups in total. The Labute approximate surface area is 95.5 Å². The van der Waals surface area contributed by atoms with E-state index in [1.54, 1.807) is 24.9 Å². The van der Waals surface area contributed by atoms with Gasteiger partial charge < -0.3 is 10.0 Å². The molecule has 1 rings (SSSR count). The number of aliphatic hydroxyl groups excluding tert-OH is 1. The Bertz CT molecular complexity index is 302. The van der Waals surface area contributed by atoms with Crippen LogP contribution in [0.2, 0.25) is 0 Å². The molecule has 1 heterocycles. The molecule has 0 spiro atoms. The van der Waals surface area contributed by atoms with Crippen LogP contribution >= 0.6 is 11.8 Å². The molecule has 1 unspecified atom stereocenters. The number of aliphatic hydroxyl groups is 1. The van der Waals surface area contributed by atoms with Gasteiger partial charge in [-0.05, 0) is 27.1 Å². The number of thioether (sulfide) groups is 1. The van der Waals surface area contributed by atoms with Crippen LogP contribution in [0, 0.1) is 0 Å². The summed E-state index contributed by atoms with van der Waals surface area (Å²) in [6.45, 7) is 2.79.